The van der Waals surface area contributed by atoms with Crippen LogP contribution >= 0.6 is 11.3 Å². The van der Waals surface area contributed by atoms with E-state index in [4.69, 9.17) is 4.74 Å². The molecule has 1 saturated carbocycles. The van der Waals surface area contributed by atoms with Crippen molar-refractivity contribution >= 4 is 33.1 Å². The van der Waals surface area contributed by atoms with Crippen molar-refractivity contribution in [3.63, 3.8) is 0 Å². The fourth-order valence-electron chi connectivity index (χ4n) is 5.76. The Morgan fingerprint density at radius 1 is 1.05 bits per heavy atom. The highest BCUT2D eigenvalue weighted by molar-refractivity contribution is 7.21. The summed E-state index contributed by atoms with van der Waals surface area (Å²) in [5, 5.41) is 3.54. The zero-order valence-electron chi connectivity index (χ0n) is 24.1. The van der Waals surface area contributed by atoms with Crippen molar-refractivity contribution in [1.29, 1.82) is 0 Å². The summed E-state index contributed by atoms with van der Waals surface area (Å²) < 4.78 is 35.4. The van der Waals surface area contributed by atoms with Crippen LogP contribution in [0.25, 0.3) is 21.2 Å². The Hall–Kier alpha value is -3.56. The Morgan fingerprint density at radius 2 is 1.76 bits per heavy atom. The van der Waals surface area contributed by atoms with Gasteiger partial charge >= 0.3 is 0 Å². The highest BCUT2D eigenvalue weighted by Gasteiger charge is 2.32. The Balaban J connectivity index is 1.56. The third kappa shape index (κ3) is 5.78. The van der Waals surface area contributed by atoms with Crippen molar-refractivity contribution in [2.45, 2.75) is 51.2 Å². The summed E-state index contributed by atoms with van der Waals surface area (Å²) in [4.78, 5) is 23.0. The van der Waals surface area contributed by atoms with Gasteiger partial charge in [0.2, 0.25) is 0 Å². The average Bonchev–Trinajstić information content (AvgIpc) is 3.35. The van der Waals surface area contributed by atoms with Crippen molar-refractivity contribution in [1.82, 2.24) is 15.2 Å². The van der Waals surface area contributed by atoms with Crippen LogP contribution in [-0.2, 0) is 6.54 Å². The van der Waals surface area contributed by atoms with Crippen LogP contribution in [0.1, 0.15) is 46.5 Å². The first-order chi connectivity index (χ1) is 19.7. The largest absolute Gasteiger partial charge is 0.496 e. The zero-order chi connectivity index (χ0) is 29.3. The minimum atomic E-state index is -0.515. The molecule has 0 saturated heterocycles. The van der Waals surface area contributed by atoms with Gasteiger partial charge in [-0.05, 0) is 92.7 Å². The van der Waals surface area contributed by atoms with E-state index in [1.165, 1.54) is 0 Å². The molecule has 1 aliphatic carbocycles. The number of carbonyl (C=O) groups excluding carboxylic acids is 1. The predicted molar refractivity (Wildman–Crippen MR) is 162 cm³/mol. The minimum absolute atomic E-state index is 0.0129. The van der Waals surface area contributed by atoms with E-state index in [0.29, 0.717) is 28.8 Å². The number of fused-ring (bicyclic) bond motifs is 1. The molecule has 1 N–H and O–H groups in total. The predicted octanol–water partition coefficient (Wildman–Crippen LogP) is 6.80. The number of halogens is 2. The first-order valence-electron chi connectivity index (χ1n) is 13.9. The number of carbonyl (C=O) groups is 1. The lowest BCUT2D eigenvalue weighted by atomic mass is 9.89. The summed E-state index contributed by atoms with van der Waals surface area (Å²) in [6.07, 6.45) is 5.35. The summed E-state index contributed by atoms with van der Waals surface area (Å²) in [7, 11) is 7.49. The second kappa shape index (κ2) is 12.1. The molecule has 216 valence electrons. The van der Waals surface area contributed by atoms with Gasteiger partial charge in [0.05, 0.1) is 16.7 Å². The number of aryl methyl sites for hydroxylation is 1. The fourth-order valence-corrected chi connectivity index (χ4v) is 6.94. The van der Waals surface area contributed by atoms with E-state index in [2.05, 4.69) is 16.4 Å². The zero-order valence-corrected chi connectivity index (χ0v) is 24.9. The van der Waals surface area contributed by atoms with E-state index in [-0.39, 0.29) is 22.0 Å². The second-order valence-corrected chi connectivity index (χ2v) is 11.9. The summed E-state index contributed by atoms with van der Waals surface area (Å²) in [5.41, 5.74) is 3.34. The first-order valence-corrected chi connectivity index (χ1v) is 14.7. The van der Waals surface area contributed by atoms with Gasteiger partial charge in [0.1, 0.15) is 23.2 Å². The molecule has 0 spiro atoms. The molecule has 1 aliphatic rings. The number of hydrogen-bond acceptors (Lipinski definition) is 6. The number of pyridine rings is 1. The minimum Gasteiger partial charge on any atom is -0.496 e. The van der Waals surface area contributed by atoms with Crippen LogP contribution < -0.4 is 15.0 Å². The van der Waals surface area contributed by atoms with Gasteiger partial charge in [-0.2, -0.15) is 0 Å². The van der Waals surface area contributed by atoms with E-state index in [1.54, 1.807) is 20.2 Å². The number of amides is 1. The Labute approximate surface area is 244 Å². The molecule has 2 heterocycles. The maximum Gasteiger partial charge on any atom is 0.264 e. The highest BCUT2D eigenvalue weighted by atomic mass is 32.1. The molecule has 1 amide bonds. The molecule has 9 heteroatoms. The van der Waals surface area contributed by atoms with Gasteiger partial charge in [-0.3, -0.25) is 4.79 Å². The van der Waals surface area contributed by atoms with Crippen LogP contribution in [0.5, 0.6) is 5.75 Å². The number of nitrogens with zero attached hydrogens (tertiary/aromatic N) is 3. The molecule has 0 unspecified atom stereocenters. The smallest absolute Gasteiger partial charge is 0.264 e. The Bertz CT molecular complexity index is 1560. The van der Waals surface area contributed by atoms with Crippen LogP contribution in [0.2, 0.25) is 0 Å². The topological polar surface area (TPSA) is 57.7 Å². The fraction of sp³-hybridized carbons (Fsp3) is 0.375. The molecule has 6 nitrogen and oxygen atoms in total. The SMILES string of the molecule is CNC1CCC(N(Cc2cc(-c3ccnc(N(C)C)c3)ccc2OC)C(=O)c2sc3c(F)ccc(F)c3c2C)CC1. The van der Waals surface area contributed by atoms with Gasteiger partial charge in [0.25, 0.3) is 5.91 Å². The van der Waals surface area contributed by atoms with Crippen LogP contribution in [0.4, 0.5) is 14.6 Å². The van der Waals surface area contributed by atoms with E-state index < -0.39 is 11.6 Å². The number of ether oxygens (including phenoxy) is 1. The summed E-state index contributed by atoms with van der Waals surface area (Å²) in [6.45, 7) is 2.02. The number of aromatic nitrogens is 1. The van der Waals surface area contributed by atoms with Crippen LogP contribution in [0.3, 0.4) is 0 Å². The maximum absolute atomic E-state index is 14.8. The number of benzene rings is 2. The number of thiophene rings is 1. The highest BCUT2D eigenvalue weighted by Crippen LogP contribution is 2.38. The number of nitrogens with one attached hydrogen (secondary N) is 1. The molecule has 0 radical (unpaired) electrons. The van der Waals surface area contributed by atoms with Gasteiger partial charge in [-0.1, -0.05) is 6.07 Å². The number of rotatable bonds is 8. The average molecular weight is 579 g/mol. The standard InChI is InChI=1S/C32H36F2N4O2S/c1-19-29-25(33)11-12-26(34)31(29)41-30(19)32(39)38(24-9-7-23(35-2)8-10-24)18-22-16-20(6-13-27(22)40-5)21-14-15-36-28(17-21)37(3)4/h6,11-17,23-24,35H,7-10,18H2,1-5H3. The van der Waals surface area contributed by atoms with Crippen molar-refractivity contribution in [2.75, 3.05) is 33.2 Å². The van der Waals surface area contributed by atoms with E-state index in [1.807, 2.05) is 55.2 Å². The third-order valence-electron chi connectivity index (χ3n) is 8.14. The molecule has 0 atom stereocenters. The van der Waals surface area contributed by atoms with Crippen LogP contribution in [0.15, 0.2) is 48.7 Å². The monoisotopic (exact) mass is 578 g/mol. The molecule has 41 heavy (non-hydrogen) atoms. The van der Waals surface area contributed by atoms with E-state index >= 15 is 0 Å². The van der Waals surface area contributed by atoms with Crippen LogP contribution in [-0.4, -0.2) is 56.1 Å². The van der Waals surface area contributed by atoms with Gasteiger partial charge < -0.3 is 19.9 Å². The molecule has 1 fully saturated rings. The molecular weight excluding hydrogens is 542 g/mol. The quantitative estimate of drug-likeness (QED) is 0.249. The van der Waals surface area contributed by atoms with Gasteiger partial charge in [-0.15, -0.1) is 11.3 Å². The summed E-state index contributed by atoms with van der Waals surface area (Å²) >= 11 is 1.03. The van der Waals surface area contributed by atoms with Crippen LogP contribution in [0, 0.1) is 18.6 Å². The maximum atomic E-state index is 14.8. The molecule has 0 bridgehead atoms. The summed E-state index contributed by atoms with van der Waals surface area (Å²) in [6, 6.07) is 12.6. The number of methoxy groups -OCH3 is 1. The Morgan fingerprint density at radius 3 is 2.41 bits per heavy atom. The lowest BCUT2D eigenvalue weighted by molar-refractivity contribution is 0.0604. The number of anilines is 1. The van der Waals surface area contributed by atoms with Crippen molar-refractivity contribution in [2.24, 2.45) is 0 Å². The second-order valence-electron chi connectivity index (χ2n) is 10.8. The van der Waals surface area contributed by atoms with Gasteiger partial charge in [-0.25, -0.2) is 13.8 Å². The lowest BCUT2D eigenvalue weighted by Gasteiger charge is -2.37. The van der Waals surface area contributed by atoms with Crippen molar-refractivity contribution in [3.8, 4) is 16.9 Å². The van der Waals surface area contributed by atoms with E-state index in [9.17, 15) is 13.6 Å². The lowest BCUT2D eigenvalue weighted by Crippen LogP contribution is -2.44. The normalized spacial score (nSPS) is 17.0. The van der Waals surface area contributed by atoms with Crippen molar-refractivity contribution in [3.05, 3.63) is 76.3 Å². The van der Waals surface area contributed by atoms with Crippen molar-refractivity contribution < 1.29 is 18.3 Å². The molecule has 0 aliphatic heterocycles. The van der Waals surface area contributed by atoms with Gasteiger partial charge in [0, 0.05) is 49.9 Å². The Kier molecular flexibility index (Phi) is 8.56. The molecule has 5 rings (SSSR count). The molecule has 2 aromatic heterocycles. The number of hydrogen-bond donors (Lipinski definition) is 1. The molecule has 2 aromatic carbocycles. The molecular formula is C32H36F2N4O2S. The summed E-state index contributed by atoms with van der Waals surface area (Å²) in [5.74, 6) is 0.291. The van der Waals surface area contributed by atoms with E-state index in [0.717, 1.165) is 71.7 Å². The first kappa shape index (κ1) is 29.0. The third-order valence-corrected chi connectivity index (χ3v) is 9.43. The molecule has 4 aromatic rings. The van der Waals surface area contributed by atoms with Gasteiger partial charge in [0.15, 0.2) is 0 Å².